The number of carbonyl (C=O) groups is 3. The van der Waals surface area contributed by atoms with Crippen molar-refractivity contribution in [2.45, 2.75) is 44.3 Å². The van der Waals surface area contributed by atoms with Crippen molar-refractivity contribution < 1.29 is 29.7 Å². The van der Waals surface area contributed by atoms with Crippen molar-refractivity contribution >= 4 is 40.4 Å². The van der Waals surface area contributed by atoms with E-state index < -0.39 is 36.0 Å². The molecule has 8 nitrogen and oxygen atoms in total. The molecule has 1 aromatic rings. The predicted molar refractivity (Wildman–Crippen MR) is 101 cm³/mol. The molecule has 9 heteroatoms. The fraction of sp³-hybridized carbons (Fsp3) is 0.471. The number of halogens is 1. The van der Waals surface area contributed by atoms with E-state index in [-0.39, 0.29) is 12.2 Å². The van der Waals surface area contributed by atoms with Crippen LogP contribution in [-0.2, 0) is 20.8 Å². The summed E-state index contributed by atoms with van der Waals surface area (Å²) >= 11 is 1.95. The van der Waals surface area contributed by atoms with Crippen LogP contribution in [0.4, 0.5) is 0 Å². The van der Waals surface area contributed by atoms with E-state index in [1.54, 1.807) is 12.1 Å². The number of hydrogen-bond donors (Lipinski definition) is 4. The van der Waals surface area contributed by atoms with E-state index in [0.29, 0.717) is 28.5 Å². The van der Waals surface area contributed by atoms with Gasteiger partial charge in [-0.2, -0.15) is 0 Å². The number of aromatic hydroxyl groups is 1. The maximum absolute atomic E-state index is 12.5. The first kappa shape index (κ1) is 20.4. The van der Waals surface area contributed by atoms with Gasteiger partial charge in [-0.25, -0.2) is 4.79 Å². The number of rotatable bonds is 7. The van der Waals surface area contributed by atoms with Crippen molar-refractivity contribution in [3.8, 4) is 5.75 Å². The van der Waals surface area contributed by atoms with Gasteiger partial charge in [-0.3, -0.25) is 14.9 Å². The van der Waals surface area contributed by atoms with E-state index in [9.17, 15) is 29.7 Å². The number of nitrogens with zero attached hydrogens (tertiary/aromatic N) is 1. The predicted octanol–water partition coefficient (Wildman–Crippen LogP) is 1.05. The average molecular weight is 476 g/mol. The fourth-order valence-corrected chi connectivity index (χ4v) is 3.62. The molecule has 0 bridgehead atoms. The SMILES string of the molecule is CC(NC(Cc1ccc(O)c(I)c1)C(=O)O)C(=O)N1CCCC1C(=O)O. The van der Waals surface area contributed by atoms with Gasteiger partial charge >= 0.3 is 11.9 Å². The summed E-state index contributed by atoms with van der Waals surface area (Å²) < 4.78 is 0.606. The lowest BCUT2D eigenvalue weighted by Crippen LogP contribution is -2.53. The van der Waals surface area contributed by atoms with Crippen LogP contribution in [0, 0.1) is 3.57 Å². The van der Waals surface area contributed by atoms with Gasteiger partial charge in [-0.1, -0.05) is 6.07 Å². The molecular weight excluding hydrogens is 455 g/mol. The van der Waals surface area contributed by atoms with Crippen molar-refractivity contribution in [2.24, 2.45) is 0 Å². The second-order valence-corrected chi connectivity index (χ2v) is 7.46. The van der Waals surface area contributed by atoms with E-state index in [1.165, 1.54) is 17.9 Å². The number of phenols is 1. The quantitative estimate of drug-likeness (QED) is 0.434. The smallest absolute Gasteiger partial charge is 0.326 e. The summed E-state index contributed by atoms with van der Waals surface area (Å²) in [4.78, 5) is 36.7. The normalized spacial score (nSPS) is 19.2. The third kappa shape index (κ3) is 4.85. The molecule has 26 heavy (non-hydrogen) atoms. The first-order valence-corrected chi connectivity index (χ1v) is 9.28. The zero-order valence-electron chi connectivity index (χ0n) is 14.2. The number of aliphatic carboxylic acids is 2. The van der Waals surface area contributed by atoms with Crippen LogP contribution in [0.2, 0.25) is 0 Å². The minimum Gasteiger partial charge on any atom is -0.507 e. The molecule has 1 heterocycles. The van der Waals surface area contributed by atoms with E-state index in [2.05, 4.69) is 5.32 Å². The topological polar surface area (TPSA) is 127 Å². The Morgan fingerprint density at radius 3 is 2.62 bits per heavy atom. The maximum Gasteiger partial charge on any atom is 0.326 e. The Hall–Kier alpha value is -1.88. The molecule has 0 aliphatic carbocycles. The molecule has 1 fully saturated rings. The number of nitrogens with one attached hydrogen (secondary N) is 1. The van der Waals surface area contributed by atoms with Crippen LogP contribution in [0.25, 0.3) is 0 Å². The number of carboxylic acid groups (broad SMARTS) is 2. The summed E-state index contributed by atoms with van der Waals surface area (Å²) in [6, 6.07) is 2.11. The molecule has 1 saturated heterocycles. The van der Waals surface area contributed by atoms with Crippen LogP contribution >= 0.6 is 22.6 Å². The Balaban J connectivity index is 2.06. The highest BCUT2D eigenvalue weighted by Crippen LogP contribution is 2.21. The van der Waals surface area contributed by atoms with Gasteiger partial charge in [0.1, 0.15) is 17.8 Å². The molecule has 1 aromatic carbocycles. The van der Waals surface area contributed by atoms with Crippen molar-refractivity contribution in [2.75, 3.05) is 6.54 Å². The third-order valence-electron chi connectivity index (χ3n) is 4.39. The lowest BCUT2D eigenvalue weighted by atomic mass is 10.0. The fourth-order valence-electron chi connectivity index (χ4n) is 3.04. The minimum atomic E-state index is -1.11. The second kappa shape index (κ2) is 8.67. The molecule has 1 aliphatic heterocycles. The molecule has 2 rings (SSSR count). The number of likely N-dealkylation sites (tertiary alicyclic amines) is 1. The van der Waals surface area contributed by atoms with E-state index in [4.69, 9.17) is 0 Å². The Kier molecular flexibility index (Phi) is 6.81. The third-order valence-corrected chi connectivity index (χ3v) is 5.26. The van der Waals surface area contributed by atoms with Gasteiger partial charge in [0.25, 0.3) is 0 Å². The van der Waals surface area contributed by atoms with Crippen LogP contribution in [0.1, 0.15) is 25.3 Å². The molecule has 1 aliphatic rings. The van der Waals surface area contributed by atoms with Crippen molar-refractivity contribution in [1.29, 1.82) is 0 Å². The lowest BCUT2D eigenvalue weighted by Gasteiger charge is -2.27. The Bertz CT molecular complexity index is 710. The first-order chi connectivity index (χ1) is 12.2. The minimum absolute atomic E-state index is 0.117. The van der Waals surface area contributed by atoms with E-state index in [0.717, 1.165) is 0 Å². The number of benzene rings is 1. The van der Waals surface area contributed by atoms with E-state index in [1.807, 2.05) is 22.6 Å². The highest BCUT2D eigenvalue weighted by molar-refractivity contribution is 14.1. The summed E-state index contributed by atoms with van der Waals surface area (Å²) in [5, 5.41) is 31.0. The largest absolute Gasteiger partial charge is 0.507 e. The molecule has 0 aromatic heterocycles. The molecule has 0 spiro atoms. The first-order valence-electron chi connectivity index (χ1n) is 8.20. The van der Waals surface area contributed by atoms with Crippen molar-refractivity contribution in [3.05, 3.63) is 27.3 Å². The molecule has 0 saturated carbocycles. The number of hydrogen-bond acceptors (Lipinski definition) is 5. The van der Waals surface area contributed by atoms with Crippen LogP contribution in [0.3, 0.4) is 0 Å². The Labute approximate surface area is 164 Å². The number of carbonyl (C=O) groups excluding carboxylic acids is 1. The molecule has 1 amide bonds. The van der Waals surface area contributed by atoms with Crippen molar-refractivity contribution in [1.82, 2.24) is 10.2 Å². The molecule has 0 radical (unpaired) electrons. The monoisotopic (exact) mass is 476 g/mol. The molecular formula is C17H21IN2O6. The zero-order valence-corrected chi connectivity index (χ0v) is 16.3. The van der Waals surface area contributed by atoms with Gasteiger partial charge < -0.3 is 20.2 Å². The maximum atomic E-state index is 12.5. The number of carboxylic acids is 2. The van der Waals surface area contributed by atoms with E-state index >= 15 is 0 Å². The average Bonchev–Trinajstić information content (AvgIpc) is 3.06. The molecule has 4 N–H and O–H groups in total. The van der Waals surface area contributed by atoms with Gasteiger partial charge in [0.05, 0.1) is 9.61 Å². The summed E-state index contributed by atoms with van der Waals surface area (Å²) in [7, 11) is 0. The molecule has 3 unspecified atom stereocenters. The van der Waals surface area contributed by atoms with Gasteiger partial charge in [-0.15, -0.1) is 0 Å². The highest BCUT2D eigenvalue weighted by atomic mass is 127. The zero-order chi connectivity index (χ0) is 19.4. The summed E-state index contributed by atoms with van der Waals surface area (Å²) in [5.41, 5.74) is 0.705. The van der Waals surface area contributed by atoms with Crippen LogP contribution in [0.15, 0.2) is 18.2 Å². The summed E-state index contributed by atoms with van der Waals surface area (Å²) in [5.74, 6) is -2.45. The van der Waals surface area contributed by atoms with Crippen LogP contribution in [-0.4, -0.2) is 62.7 Å². The standard InChI is InChI=1S/C17H21IN2O6/c1-9(15(22)20-6-2-3-13(20)17(25)26)19-12(16(23)24)8-10-4-5-14(21)11(18)7-10/h4-5,7,9,12-13,19,21H,2-3,6,8H2,1H3,(H,23,24)(H,25,26). The van der Waals surface area contributed by atoms with Crippen LogP contribution in [0.5, 0.6) is 5.75 Å². The lowest BCUT2D eigenvalue weighted by molar-refractivity contribution is -0.149. The van der Waals surface area contributed by atoms with Crippen LogP contribution < -0.4 is 5.32 Å². The van der Waals surface area contributed by atoms with Gasteiger partial charge in [-0.05, 0) is 66.5 Å². The Morgan fingerprint density at radius 2 is 2.04 bits per heavy atom. The van der Waals surface area contributed by atoms with Gasteiger partial charge in [0.2, 0.25) is 5.91 Å². The molecule has 142 valence electrons. The van der Waals surface area contributed by atoms with Gasteiger partial charge in [0.15, 0.2) is 0 Å². The number of phenolic OH excluding ortho intramolecular Hbond substituents is 1. The van der Waals surface area contributed by atoms with Gasteiger partial charge in [0, 0.05) is 6.54 Å². The van der Waals surface area contributed by atoms with Crippen molar-refractivity contribution in [3.63, 3.8) is 0 Å². The molecule has 3 atom stereocenters. The summed E-state index contributed by atoms with van der Waals surface area (Å²) in [6.07, 6.45) is 1.15. The summed E-state index contributed by atoms with van der Waals surface area (Å²) in [6.45, 7) is 1.89. The Morgan fingerprint density at radius 1 is 1.35 bits per heavy atom. The number of amides is 1. The second-order valence-electron chi connectivity index (χ2n) is 6.30. The highest BCUT2D eigenvalue weighted by Gasteiger charge is 2.36.